The van der Waals surface area contributed by atoms with Gasteiger partial charge in [0.15, 0.2) is 0 Å². The van der Waals surface area contributed by atoms with Gasteiger partial charge in [0, 0.05) is 117 Å². The summed E-state index contributed by atoms with van der Waals surface area (Å²) in [6.45, 7) is -2.85. The van der Waals surface area contributed by atoms with Gasteiger partial charge < -0.3 is 45.4 Å². The molecule has 12 N–H and O–H groups in total. The largest absolute Gasteiger partial charge is 0.480 e. The fourth-order valence-corrected chi connectivity index (χ4v) is 10.0. The van der Waals surface area contributed by atoms with Gasteiger partial charge in [-0.25, -0.2) is 0 Å². The van der Waals surface area contributed by atoms with E-state index < -0.39 is 98.1 Å². The molecule has 0 bridgehead atoms. The number of rotatable bonds is 29. The van der Waals surface area contributed by atoms with Crippen LogP contribution in [0.15, 0.2) is 78.9 Å². The normalized spacial score (nSPS) is 14.5. The number of aromatic nitrogens is 2. The first-order chi connectivity index (χ1) is 40.7. The van der Waals surface area contributed by atoms with Crippen LogP contribution in [0.5, 0.6) is 0 Å². The van der Waals surface area contributed by atoms with Crippen molar-refractivity contribution in [1.82, 2.24) is 66.0 Å². The average Bonchev–Trinajstić information content (AvgIpc) is 1.89. The van der Waals surface area contributed by atoms with Crippen LogP contribution in [0.1, 0.15) is 43.6 Å². The second kappa shape index (κ2) is 32.0. The number of nitrogens with one attached hydrogen (secondary N) is 6. The molecule has 30 heteroatoms. The number of nitrogens with zero attached hydrogens (tertiary/aromatic N) is 7. The number of hydrogen-bond donors (Lipinski definition) is 12. The van der Waals surface area contributed by atoms with E-state index >= 15 is 0 Å². The summed E-state index contributed by atoms with van der Waals surface area (Å²) in [5.41, 5.74) is 12.2. The van der Waals surface area contributed by atoms with Crippen molar-refractivity contribution in [1.29, 1.82) is 0 Å². The quantitative estimate of drug-likeness (QED) is 0.0185. The van der Waals surface area contributed by atoms with Gasteiger partial charge in [-0.3, -0.25) is 104 Å². The van der Waals surface area contributed by atoms with Crippen LogP contribution in [0.4, 0.5) is 0 Å². The Kier molecular flexibility index (Phi) is 24.5. The molecule has 0 aliphatic carbocycles. The van der Waals surface area contributed by atoms with Crippen molar-refractivity contribution in [3.05, 3.63) is 107 Å². The maximum atomic E-state index is 14.7. The molecule has 1 atom stereocenters. The molecule has 456 valence electrons. The second-order valence-electron chi connectivity index (χ2n) is 20.1. The SMILES string of the molecule is O=CCN1CCN(CC(=O)O)CCN(CC(=O)O)CCN(CC(=O)NNC(=O)c2[nH]c3ccccc3c2C(c2ccccc2)c2c(C(=O)NNC(=O)CN(CCN(CC(=O)O)CC(=O)O)CCN(CC(=O)O)CC(=O)O)[nH]c3ccccc23)CC1. The van der Waals surface area contributed by atoms with Gasteiger partial charge in [-0.1, -0.05) is 66.7 Å². The Labute approximate surface area is 485 Å². The molecule has 1 aliphatic heterocycles. The first-order valence-corrected chi connectivity index (χ1v) is 26.9. The summed E-state index contributed by atoms with van der Waals surface area (Å²) < 4.78 is 0. The summed E-state index contributed by atoms with van der Waals surface area (Å²) in [6.07, 6.45) is 0.723. The van der Waals surface area contributed by atoms with Gasteiger partial charge in [-0.15, -0.1) is 0 Å². The number of hydrazine groups is 2. The number of carboxylic acids is 6. The van der Waals surface area contributed by atoms with Gasteiger partial charge in [0.05, 0.1) is 58.9 Å². The Morgan fingerprint density at radius 3 is 1.20 bits per heavy atom. The van der Waals surface area contributed by atoms with E-state index in [9.17, 15) is 83.4 Å². The lowest BCUT2D eigenvalue weighted by Gasteiger charge is -2.32. The number of aliphatic carboxylic acids is 6. The Morgan fingerprint density at radius 1 is 0.435 bits per heavy atom. The van der Waals surface area contributed by atoms with Crippen LogP contribution in [0.2, 0.25) is 0 Å². The minimum atomic E-state index is -1.33. The van der Waals surface area contributed by atoms with E-state index in [1.165, 1.54) is 4.90 Å². The van der Waals surface area contributed by atoms with Crippen molar-refractivity contribution >= 4 is 87.5 Å². The Hall–Kier alpha value is -9.17. The standard InChI is InChI=1S/C55H69N13O17/c69-27-26-62-14-16-63(18-19-66(31-44(74)75)21-20-65(17-15-62)30-43(72)73)28-41(70)58-60-54(84)52-50(37-10-4-6-12-39(37)56-52)49(36-8-2-1-3-9-36)51-38-11-5-7-13-40(38)57-53(51)55(85)61-59-42(71)29-64(22-24-67(32-45(76)77)33-46(78)79)23-25-68(34-47(80)81)35-48(82)83/h1-13,27,49,56-57H,14-26,28-35H2,(H,58,70)(H,59,71)(H,60,84)(H,61,85)(H,72,73)(H,74,75)(H,76,77)(H,78,79)(H,80,81)(H,82,83). The van der Waals surface area contributed by atoms with Crippen molar-refractivity contribution in [2.24, 2.45) is 0 Å². The lowest BCUT2D eigenvalue weighted by atomic mass is 9.81. The first-order valence-electron chi connectivity index (χ1n) is 26.9. The molecule has 5 aromatic rings. The number of benzene rings is 3. The molecule has 0 spiro atoms. The van der Waals surface area contributed by atoms with Crippen molar-refractivity contribution in [3.8, 4) is 0 Å². The molecule has 30 nitrogen and oxygen atoms in total. The van der Waals surface area contributed by atoms with Gasteiger partial charge in [-0.2, -0.15) is 0 Å². The van der Waals surface area contributed by atoms with E-state index in [0.29, 0.717) is 51.6 Å². The molecule has 6 rings (SSSR count). The number of carbonyl (C=O) groups is 11. The summed E-state index contributed by atoms with van der Waals surface area (Å²) in [7, 11) is 0. The molecule has 1 fully saturated rings. The van der Waals surface area contributed by atoms with E-state index in [2.05, 4.69) is 31.7 Å². The number of carboxylic acid groups (broad SMARTS) is 6. The highest BCUT2D eigenvalue weighted by molar-refractivity contribution is 6.06. The van der Waals surface area contributed by atoms with Crippen LogP contribution in [-0.2, 0) is 43.2 Å². The van der Waals surface area contributed by atoms with Crippen LogP contribution < -0.4 is 21.7 Å². The number of para-hydroxylation sites is 2. The second-order valence-corrected chi connectivity index (χ2v) is 20.1. The lowest BCUT2D eigenvalue weighted by Crippen LogP contribution is -2.51. The Bertz CT molecular complexity index is 3120. The first kappa shape index (κ1) is 65.0. The summed E-state index contributed by atoms with van der Waals surface area (Å²) in [4.78, 5) is 155. The van der Waals surface area contributed by atoms with E-state index in [4.69, 9.17) is 0 Å². The zero-order chi connectivity index (χ0) is 61.6. The van der Waals surface area contributed by atoms with E-state index in [1.807, 2.05) is 4.90 Å². The zero-order valence-electron chi connectivity index (χ0n) is 46.3. The summed E-state index contributed by atoms with van der Waals surface area (Å²) >= 11 is 0. The summed E-state index contributed by atoms with van der Waals surface area (Å²) in [5, 5.41) is 57.9. The number of hydrogen-bond acceptors (Lipinski definition) is 18. The van der Waals surface area contributed by atoms with Crippen LogP contribution in [0.25, 0.3) is 21.8 Å². The molecule has 1 aliphatic rings. The fraction of sp³-hybridized carbons (Fsp3) is 0.400. The van der Waals surface area contributed by atoms with Crippen molar-refractivity contribution in [2.75, 3.05) is 137 Å². The smallest absolute Gasteiger partial charge is 0.317 e. The Morgan fingerprint density at radius 2 is 0.800 bits per heavy atom. The highest BCUT2D eigenvalue weighted by Gasteiger charge is 2.34. The minimum absolute atomic E-state index is 0.00647. The summed E-state index contributed by atoms with van der Waals surface area (Å²) in [5.74, 6) is -11.5. The van der Waals surface area contributed by atoms with Crippen LogP contribution in [-0.4, -0.2) is 278 Å². The maximum absolute atomic E-state index is 14.7. The van der Waals surface area contributed by atoms with Gasteiger partial charge in [0.2, 0.25) is 0 Å². The van der Waals surface area contributed by atoms with Gasteiger partial charge >= 0.3 is 35.8 Å². The Balaban J connectivity index is 1.27. The number of fused-ring (bicyclic) bond motifs is 2. The molecular weight excluding hydrogens is 1110 g/mol. The number of H-pyrrole nitrogens is 2. The van der Waals surface area contributed by atoms with Crippen LogP contribution in [0, 0.1) is 0 Å². The molecule has 85 heavy (non-hydrogen) atoms. The fourth-order valence-electron chi connectivity index (χ4n) is 10.0. The van der Waals surface area contributed by atoms with E-state index in [-0.39, 0.29) is 103 Å². The highest BCUT2D eigenvalue weighted by atomic mass is 16.4. The molecular formula is C55H69N13O17. The number of carbonyl (C=O) groups excluding carboxylic acids is 5. The molecule has 1 unspecified atom stereocenters. The monoisotopic (exact) mass is 1180 g/mol. The third-order valence-corrected chi connectivity index (χ3v) is 13.9. The predicted octanol–water partition coefficient (Wildman–Crippen LogP) is -1.81. The molecule has 0 radical (unpaired) electrons. The average molecular weight is 1180 g/mol. The lowest BCUT2D eigenvalue weighted by molar-refractivity contribution is -0.143. The number of aromatic amines is 2. The topological polar surface area (TPSA) is 412 Å². The molecule has 3 heterocycles. The van der Waals surface area contributed by atoms with Gasteiger partial charge in [0.25, 0.3) is 23.6 Å². The number of aldehydes is 1. The van der Waals surface area contributed by atoms with Crippen molar-refractivity contribution < 1.29 is 83.4 Å². The number of amides is 4. The maximum Gasteiger partial charge on any atom is 0.317 e. The van der Waals surface area contributed by atoms with E-state index in [0.717, 1.165) is 16.1 Å². The third-order valence-electron chi connectivity index (χ3n) is 13.9. The van der Waals surface area contributed by atoms with Crippen molar-refractivity contribution in [3.63, 3.8) is 0 Å². The minimum Gasteiger partial charge on any atom is -0.480 e. The molecule has 2 aromatic heterocycles. The zero-order valence-corrected chi connectivity index (χ0v) is 46.3. The third kappa shape index (κ3) is 20.3. The molecule has 3 aromatic carbocycles. The molecule has 1 saturated heterocycles. The van der Waals surface area contributed by atoms with Gasteiger partial charge in [0.1, 0.15) is 17.7 Å². The van der Waals surface area contributed by atoms with Crippen molar-refractivity contribution in [2.45, 2.75) is 5.92 Å². The van der Waals surface area contributed by atoms with Crippen LogP contribution >= 0.6 is 0 Å². The van der Waals surface area contributed by atoms with Gasteiger partial charge in [-0.05, 0) is 17.7 Å². The molecule has 4 amide bonds. The highest BCUT2D eigenvalue weighted by Crippen LogP contribution is 2.43. The van der Waals surface area contributed by atoms with E-state index in [1.54, 1.807) is 93.6 Å². The predicted molar refractivity (Wildman–Crippen MR) is 302 cm³/mol. The molecule has 0 saturated carbocycles. The summed E-state index contributed by atoms with van der Waals surface area (Å²) in [6, 6.07) is 22.9. The van der Waals surface area contributed by atoms with Crippen LogP contribution in [0.3, 0.4) is 0 Å².